The number of aliphatic carboxylic acids is 1. The zero-order valence-corrected chi connectivity index (χ0v) is 28.1. The van der Waals surface area contributed by atoms with Crippen LogP contribution in [0.1, 0.15) is 74.9 Å². The van der Waals surface area contributed by atoms with E-state index in [1.54, 1.807) is 12.1 Å². The third-order valence-electron chi connectivity index (χ3n) is 9.43. The number of carbonyl (C=O) groups is 1. The lowest BCUT2D eigenvalue weighted by atomic mass is 9.85. The summed E-state index contributed by atoms with van der Waals surface area (Å²) in [6.07, 6.45) is 2.55. The van der Waals surface area contributed by atoms with Crippen molar-refractivity contribution >= 4 is 5.97 Å². The fourth-order valence-corrected chi connectivity index (χ4v) is 7.45. The number of nitrogens with zero attached hydrogens (tertiary/aromatic N) is 4. The van der Waals surface area contributed by atoms with Crippen molar-refractivity contribution in [2.75, 3.05) is 46.0 Å². The van der Waals surface area contributed by atoms with Crippen molar-refractivity contribution in [3.8, 4) is 5.75 Å². The number of ether oxygens (including phenoxy) is 1. The Bertz CT molecular complexity index is 1420. The average Bonchev–Trinajstić information content (AvgIpc) is 3.57. The van der Waals surface area contributed by atoms with E-state index in [0.717, 1.165) is 60.7 Å². The SMILES string of the molecule is CCOc1ccc(Cc2cc(C3CCN(C[C@H]4CN([C@@H](C(=O)[O-])C(C)(C)C)C[C@@H]4c4cccc(F)c4)CC3)n(CCF)n2)cc1.[NH4+]. The van der Waals surface area contributed by atoms with Gasteiger partial charge in [0.2, 0.25) is 0 Å². The largest absolute Gasteiger partial charge is 0.548 e. The zero-order chi connectivity index (χ0) is 32.1. The lowest BCUT2D eigenvalue weighted by Gasteiger charge is -2.39. The molecule has 3 atom stereocenters. The molecular formula is C36H51F2N5O3. The van der Waals surface area contributed by atoms with E-state index in [4.69, 9.17) is 9.84 Å². The van der Waals surface area contributed by atoms with Gasteiger partial charge in [-0.05, 0) is 85.6 Å². The number of rotatable bonds is 12. The molecule has 252 valence electrons. The third-order valence-corrected chi connectivity index (χ3v) is 9.43. The van der Waals surface area contributed by atoms with Crippen molar-refractivity contribution in [3.63, 3.8) is 0 Å². The zero-order valence-electron chi connectivity index (χ0n) is 28.1. The normalized spacial score (nSPS) is 20.4. The van der Waals surface area contributed by atoms with E-state index in [-0.39, 0.29) is 36.3 Å². The fourth-order valence-electron chi connectivity index (χ4n) is 7.45. The number of likely N-dealkylation sites (tertiary alicyclic amines) is 2. The van der Waals surface area contributed by atoms with Crippen molar-refractivity contribution < 1.29 is 23.4 Å². The Labute approximate surface area is 272 Å². The molecule has 10 heteroatoms. The van der Waals surface area contributed by atoms with Crippen LogP contribution in [-0.2, 0) is 17.8 Å². The first-order chi connectivity index (χ1) is 21.5. The number of aromatic nitrogens is 2. The van der Waals surface area contributed by atoms with Crippen LogP contribution in [0.25, 0.3) is 0 Å². The van der Waals surface area contributed by atoms with Crippen LogP contribution in [0.2, 0.25) is 0 Å². The van der Waals surface area contributed by atoms with Crippen molar-refractivity contribution in [1.29, 1.82) is 0 Å². The maximum Gasteiger partial charge on any atom is 0.123 e. The van der Waals surface area contributed by atoms with E-state index < -0.39 is 24.1 Å². The monoisotopic (exact) mass is 639 g/mol. The van der Waals surface area contributed by atoms with Gasteiger partial charge in [-0.2, -0.15) is 5.10 Å². The molecule has 4 N–H and O–H groups in total. The molecule has 2 saturated heterocycles. The van der Waals surface area contributed by atoms with Crippen LogP contribution in [0.4, 0.5) is 8.78 Å². The summed E-state index contributed by atoms with van der Waals surface area (Å²) in [7, 11) is 0. The number of carboxylic acid groups (broad SMARTS) is 1. The Morgan fingerprint density at radius 1 is 1.09 bits per heavy atom. The van der Waals surface area contributed by atoms with Gasteiger partial charge in [-0.1, -0.05) is 45.0 Å². The molecule has 2 aliphatic heterocycles. The Morgan fingerprint density at radius 2 is 1.80 bits per heavy atom. The molecule has 0 unspecified atom stereocenters. The summed E-state index contributed by atoms with van der Waals surface area (Å²) >= 11 is 0. The van der Waals surface area contributed by atoms with E-state index >= 15 is 0 Å². The number of quaternary nitrogens is 1. The van der Waals surface area contributed by atoms with Gasteiger partial charge in [0.1, 0.15) is 18.2 Å². The van der Waals surface area contributed by atoms with Crippen molar-refractivity contribution in [2.24, 2.45) is 11.3 Å². The molecule has 2 fully saturated rings. The first-order valence-corrected chi connectivity index (χ1v) is 16.3. The molecule has 1 aromatic heterocycles. The molecular weight excluding hydrogens is 588 g/mol. The van der Waals surface area contributed by atoms with Crippen LogP contribution in [0.15, 0.2) is 54.6 Å². The van der Waals surface area contributed by atoms with Crippen molar-refractivity contribution in [3.05, 3.63) is 82.9 Å². The van der Waals surface area contributed by atoms with Gasteiger partial charge in [0, 0.05) is 43.6 Å². The number of carboxylic acids is 1. The van der Waals surface area contributed by atoms with Gasteiger partial charge in [0.15, 0.2) is 0 Å². The van der Waals surface area contributed by atoms with Gasteiger partial charge >= 0.3 is 0 Å². The van der Waals surface area contributed by atoms with Crippen LogP contribution in [0.3, 0.4) is 0 Å². The molecule has 0 bridgehead atoms. The highest BCUT2D eigenvalue weighted by Crippen LogP contribution is 2.39. The summed E-state index contributed by atoms with van der Waals surface area (Å²) in [5.41, 5.74) is 3.59. The number of carbonyl (C=O) groups excluding carboxylic acids is 1. The summed E-state index contributed by atoms with van der Waals surface area (Å²) in [4.78, 5) is 16.7. The second-order valence-corrected chi connectivity index (χ2v) is 13.8. The predicted molar refractivity (Wildman–Crippen MR) is 175 cm³/mol. The predicted octanol–water partition coefficient (Wildman–Crippen LogP) is 5.42. The molecule has 0 saturated carbocycles. The number of hydrogen-bond acceptors (Lipinski definition) is 6. The average molecular weight is 640 g/mol. The van der Waals surface area contributed by atoms with Crippen molar-refractivity contribution in [1.82, 2.24) is 25.7 Å². The highest BCUT2D eigenvalue weighted by atomic mass is 19.1. The van der Waals surface area contributed by atoms with Crippen LogP contribution in [0.5, 0.6) is 5.75 Å². The number of piperidine rings is 1. The standard InChI is InChI=1S/C36H48F2N4O3.H3N/c1-5-45-31-11-9-25(10-12-31)19-30-21-33(42(39-30)18-15-37)26-13-16-40(17-14-26)22-28-23-41(34(35(43)44)36(2,3)4)24-32(28)27-7-6-8-29(38)20-27;/h6-12,20-21,26,28,32,34H,5,13-19,22-24H2,1-4H3,(H,43,44);1H3/t28-,32+,34-;/m0./s1. The van der Waals surface area contributed by atoms with E-state index in [0.29, 0.717) is 26.1 Å². The van der Waals surface area contributed by atoms with Gasteiger partial charge in [-0.3, -0.25) is 9.58 Å². The molecule has 5 rings (SSSR count). The van der Waals surface area contributed by atoms with Crippen LogP contribution in [-0.4, -0.2) is 77.6 Å². The molecule has 0 aliphatic carbocycles. The number of hydrogen-bond donors (Lipinski definition) is 1. The molecule has 0 spiro atoms. The minimum atomic E-state index is -1.06. The summed E-state index contributed by atoms with van der Waals surface area (Å²) in [5, 5.41) is 17.0. The Kier molecular flexibility index (Phi) is 12.0. The molecule has 0 amide bonds. The summed E-state index contributed by atoms with van der Waals surface area (Å²) in [5.74, 6) is -0.0172. The summed E-state index contributed by atoms with van der Waals surface area (Å²) < 4.78 is 35.2. The Hall–Kier alpha value is -3.34. The molecule has 2 aliphatic rings. The van der Waals surface area contributed by atoms with E-state index in [1.807, 2.05) is 55.5 Å². The van der Waals surface area contributed by atoms with Gasteiger partial charge in [-0.25, -0.2) is 8.78 Å². The van der Waals surface area contributed by atoms with Gasteiger partial charge < -0.3 is 25.7 Å². The number of benzene rings is 2. The van der Waals surface area contributed by atoms with Crippen LogP contribution in [0, 0.1) is 17.2 Å². The topological polar surface area (TPSA) is 110 Å². The van der Waals surface area contributed by atoms with Gasteiger partial charge in [0.05, 0.1) is 30.9 Å². The lowest BCUT2D eigenvalue weighted by Crippen LogP contribution is -2.54. The molecule has 0 radical (unpaired) electrons. The van der Waals surface area contributed by atoms with Crippen LogP contribution >= 0.6 is 0 Å². The second-order valence-electron chi connectivity index (χ2n) is 13.8. The van der Waals surface area contributed by atoms with E-state index in [2.05, 4.69) is 23.1 Å². The minimum Gasteiger partial charge on any atom is -0.548 e. The highest BCUT2D eigenvalue weighted by molar-refractivity contribution is 5.72. The first kappa shape index (κ1) is 35.5. The van der Waals surface area contributed by atoms with Gasteiger partial charge in [0.25, 0.3) is 0 Å². The van der Waals surface area contributed by atoms with Crippen molar-refractivity contribution in [2.45, 2.75) is 71.4 Å². The molecule has 2 aromatic carbocycles. The molecule has 3 aromatic rings. The first-order valence-electron chi connectivity index (χ1n) is 16.3. The maximum absolute atomic E-state index is 14.3. The lowest BCUT2D eigenvalue weighted by molar-refractivity contribution is -0.314. The Morgan fingerprint density at radius 3 is 2.41 bits per heavy atom. The quantitative estimate of drug-likeness (QED) is 0.284. The Balaban J connectivity index is 0.00000480. The number of halogens is 2. The summed E-state index contributed by atoms with van der Waals surface area (Å²) in [6, 6.07) is 16.2. The summed E-state index contributed by atoms with van der Waals surface area (Å²) in [6.45, 7) is 11.9. The van der Waals surface area contributed by atoms with Gasteiger partial charge in [-0.15, -0.1) is 0 Å². The third kappa shape index (κ3) is 8.52. The van der Waals surface area contributed by atoms with E-state index in [1.165, 1.54) is 6.07 Å². The molecule has 3 heterocycles. The highest BCUT2D eigenvalue weighted by Gasteiger charge is 2.42. The maximum atomic E-state index is 14.3. The fraction of sp³-hybridized carbons (Fsp3) is 0.556. The van der Waals surface area contributed by atoms with E-state index in [9.17, 15) is 18.7 Å². The minimum absolute atomic E-state index is 0. The smallest absolute Gasteiger partial charge is 0.123 e. The number of aryl methyl sites for hydroxylation is 1. The molecule has 8 nitrogen and oxygen atoms in total. The van der Waals surface area contributed by atoms with Crippen LogP contribution < -0.4 is 16.0 Å². The molecule has 46 heavy (non-hydrogen) atoms. The number of alkyl halides is 1. The second kappa shape index (κ2) is 15.5.